The second-order valence-corrected chi connectivity index (χ2v) is 4.43. The van der Waals surface area contributed by atoms with E-state index in [0.717, 1.165) is 5.56 Å². The third-order valence-corrected chi connectivity index (χ3v) is 2.79. The molecule has 1 heterocycles. The molecule has 1 aromatic carbocycles. The van der Waals surface area contributed by atoms with Crippen LogP contribution in [0.1, 0.15) is 16.1 Å². The van der Waals surface area contributed by atoms with Crippen molar-refractivity contribution in [2.75, 3.05) is 19.8 Å². The van der Waals surface area contributed by atoms with E-state index in [1.165, 1.54) is 6.07 Å². The fraction of sp³-hybridized carbons (Fsp3) is 0.357. The van der Waals surface area contributed by atoms with Crippen LogP contribution in [0.2, 0.25) is 0 Å². The number of alkyl halides is 2. The number of benzene rings is 1. The van der Waals surface area contributed by atoms with Crippen molar-refractivity contribution in [2.24, 2.45) is 0 Å². The maximum absolute atomic E-state index is 11.8. The molecule has 0 saturated heterocycles. The van der Waals surface area contributed by atoms with Crippen molar-refractivity contribution < 1.29 is 27.8 Å². The van der Waals surface area contributed by atoms with Crippen LogP contribution in [0.15, 0.2) is 28.7 Å². The lowest BCUT2D eigenvalue weighted by Crippen LogP contribution is -2.20. The number of carbonyl (C=O) groups is 1. The molecule has 21 heavy (non-hydrogen) atoms. The molecular formula is C14H15F2NO4. The summed E-state index contributed by atoms with van der Waals surface area (Å²) in [7, 11) is 0. The minimum absolute atomic E-state index is 0.101. The van der Waals surface area contributed by atoms with Gasteiger partial charge in [0.2, 0.25) is 5.76 Å². The number of aromatic carboxylic acids is 1. The van der Waals surface area contributed by atoms with Crippen LogP contribution in [0.3, 0.4) is 0 Å². The van der Waals surface area contributed by atoms with Gasteiger partial charge in [-0.2, -0.15) is 0 Å². The molecular weight excluding hydrogens is 284 g/mol. The quantitative estimate of drug-likeness (QED) is 0.733. The zero-order chi connectivity index (χ0) is 15.2. The lowest BCUT2D eigenvalue weighted by Gasteiger charge is -2.06. The van der Waals surface area contributed by atoms with Crippen molar-refractivity contribution in [3.8, 4) is 0 Å². The smallest absolute Gasteiger partial charge is 0.371 e. The first kappa shape index (κ1) is 15.4. The summed E-state index contributed by atoms with van der Waals surface area (Å²) in [4.78, 5) is 10.8. The maximum atomic E-state index is 11.8. The number of ether oxygens (including phenoxy) is 1. The molecule has 0 bridgehead atoms. The lowest BCUT2D eigenvalue weighted by molar-refractivity contribution is 0.0187. The molecule has 7 heteroatoms. The van der Waals surface area contributed by atoms with Gasteiger partial charge < -0.3 is 19.6 Å². The molecule has 0 unspecified atom stereocenters. The number of rotatable bonds is 8. The fourth-order valence-electron chi connectivity index (χ4n) is 1.86. The Hall–Kier alpha value is -1.99. The van der Waals surface area contributed by atoms with E-state index in [-0.39, 0.29) is 12.4 Å². The Morgan fingerprint density at radius 2 is 2.19 bits per heavy atom. The summed E-state index contributed by atoms with van der Waals surface area (Å²) in [6.45, 7) is 0.639. The van der Waals surface area contributed by atoms with Gasteiger partial charge in [0.1, 0.15) is 12.2 Å². The molecule has 0 radical (unpaired) electrons. The van der Waals surface area contributed by atoms with Gasteiger partial charge in [-0.15, -0.1) is 0 Å². The topological polar surface area (TPSA) is 71.7 Å². The van der Waals surface area contributed by atoms with Gasteiger partial charge >= 0.3 is 5.97 Å². The van der Waals surface area contributed by atoms with Gasteiger partial charge in [0.25, 0.3) is 6.43 Å². The van der Waals surface area contributed by atoms with Crippen LogP contribution < -0.4 is 5.32 Å². The number of halogens is 2. The Morgan fingerprint density at radius 1 is 1.38 bits per heavy atom. The monoisotopic (exact) mass is 299 g/mol. The van der Waals surface area contributed by atoms with Crippen LogP contribution in [0.5, 0.6) is 0 Å². The van der Waals surface area contributed by atoms with Gasteiger partial charge in [-0.3, -0.25) is 0 Å². The lowest BCUT2D eigenvalue weighted by atomic mass is 10.1. The van der Waals surface area contributed by atoms with Gasteiger partial charge in [0, 0.05) is 18.5 Å². The number of hydrogen-bond acceptors (Lipinski definition) is 4. The molecule has 0 saturated carbocycles. The highest BCUT2D eigenvalue weighted by Crippen LogP contribution is 2.20. The summed E-state index contributed by atoms with van der Waals surface area (Å²) in [6.07, 6.45) is -2.45. The second kappa shape index (κ2) is 7.14. The average Bonchev–Trinajstić information content (AvgIpc) is 2.85. The molecule has 0 aliphatic rings. The third kappa shape index (κ3) is 4.51. The van der Waals surface area contributed by atoms with Gasteiger partial charge in [-0.1, -0.05) is 6.07 Å². The number of furan rings is 1. The zero-order valence-electron chi connectivity index (χ0n) is 11.1. The van der Waals surface area contributed by atoms with Crippen LogP contribution >= 0.6 is 0 Å². The zero-order valence-corrected chi connectivity index (χ0v) is 11.1. The average molecular weight is 299 g/mol. The summed E-state index contributed by atoms with van der Waals surface area (Å²) in [5.74, 6) is -1.21. The molecule has 114 valence electrons. The SMILES string of the molecule is O=C(O)c1cc2cc(CNCCOCC(F)F)ccc2o1. The van der Waals surface area contributed by atoms with E-state index < -0.39 is 19.0 Å². The Morgan fingerprint density at radius 3 is 2.90 bits per heavy atom. The minimum atomic E-state index is -2.45. The van der Waals surface area contributed by atoms with E-state index in [1.807, 2.05) is 12.1 Å². The van der Waals surface area contributed by atoms with Gasteiger partial charge in [0.15, 0.2) is 0 Å². The molecule has 5 nitrogen and oxygen atoms in total. The predicted molar refractivity (Wildman–Crippen MR) is 71.7 cm³/mol. The highest BCUT2D eigenvalue weighted by Gasteiger charge is 2.10. The Balaban J connectivity index is 1.84. The third-order valence-electron chi connectivity index (χ3n) is 2.79. The maximum Gasteiger partial charge on any atom is 0.371 e. The number of carboxylic acids is 1. The molecule has 1 aromatic heterocycles. The molecule has 2 rings (SSSR count). The molecule has 2 N–H and O–H groups in total. The minimum Gasteiger partial charge on any atom is -0.475 e. The molecule has 0 spiro atoms. The summed E-state index contributed by atoms with van der Waals surface area (Å²) >= 11 is 0. The van der Waals surface area contributed by atoms with Crippen molar-refractivity contribution in [1.29, 1.82) is 0 Å². The molecule has 0 atom stereocenters. The van der Waals surface area contributed by atoms with Crippen molar-refractivity contribution in [2.45, 2.75) is 13.0 Å². The summed E-state index contributed by atoms with van der Waals surface area (Å²) in [5, 5.41) is 12.6. The first-order valence-corrected chi connectivity index (χ1v) is 6.38. The van der Waals surface area contributed by atoms with Crippen LogP contribution in [-0.2, 0) is 11.3 Å². The first-order valence-electron chi connectivity index (χ1n) is 6.38. The normalized spacial score (nSPS) is 11.4. The van der Waals surface area contributed by atoms with Crippen LogP contribution in [0, 0.1) is 0 Å². The fourth-order valence-corrected chi connectivity index (χ4v) is 1.86. The van der Waals surface area contributed by atoms with Crippen molar-refractivity contribution in [3.05, 3.63) is 35.6 Å². The summed E-state index contributed by atoms with van der Waals surface area (Å²) < 4.78 is 33.5. The molecule has 2 aromatic rings. The first-order chi connectivity index (χ1) is 10.1. The van der Waals surface area contributed by atoms with Crippen LogP contribution in [0.25, 0.3) is 11.0 Å². The van der Waals surface area contributed by atoms with Gasteiger partial charge in [-0.25, -0.2) is 13.6 Å². The number of nitrogens with one attached hydrogen (secondary N) is 1. The molecule has 0 fully saturated rings. The highest BCUT2D eigenvalue weighted by atomic mass is 19.3. The van der Waals surface area contributed by atoms with Crippen LogP contribution in [0.4, 0.5) is 8.78 Å². The molecule has 0 amide bonds. The van der Waals surface area contributed by atoms with E-state index in [9.17, 15) is 13.6 Å². The number of hydrogen-bond donors (Lipinski definition) is 2. The number of fused-ring (bicyclic) bond motifs is 1. The molecule has 0 aliphatic heterocycles. The van der Waals surface area contributed by atoms with E-state index in [1.54, 1.807) is 6.07 Å². The largest absolute Gasteiger partial charge is 0.475 e. The van der Waals surface area contributed by atoms with Crippen LogP contribution in [-0.4, -0.2) is 37.3 Å². The van der Waals surface area contributed by atoms with Crippen molar-refractivity contribution in [1.82, 2.24) is 5.32 Å². The van der Waals surface area contributed by atoms with E-state index in [0.29, 0.717) is 24.1 Å². The van der Waals surface area contributed by atoms with Crippen molar-refractivity contribution >= 4 is 16.9 Å². The van der Waals surface area contributed by atoms with E-state index >= 15 is 0 Å². The van der Waals surface area contributed by atoms with E-state index in [4.69, 9.17) is 14.3 Å². The number of carboxylic acid groups (broad SMARTS) is 1. The Kier molecular flexibility index (Phi) is 5.24. The van der Waals surface area contributed by atoms with Gasteiger partial charge in [0.05, 0.1) is 6.61 Å². The predicted octanol–water partition coefficient (Wildman–Crippen LogP) is 2.50. The molecule has 0 aliphatic carbocycles. The second-order valence-electron chi connectivity index (χ2n) is 4.43. The Labute approximate surface area is 119 Å². The standard InChI is InChI=1S/C14H15F2NO4/c15-13(16)8-20-4-3-17-7-9-1-2-11-10(5-9)6-12(21-11)14(18)19/h1-2,5-6,13,17H,3-4,7-8H2,(H,18,19). The van der Waals surface area contributed by atoms with Crippen molar-refractivity contribution in [3.63, 3.8) is 0 Å². The summed E-state index contributed by atoms with van der Waals surface area (Å²) in [6, 6.07) is 6.79. The summed E-state index contributed by atoms with van der Waals surface area (Å²) in [5.41, 5.74) is 1.45. The van der Waals surface area contributed by atoms with E-state index in [2.05, 4.69) is 5.32 Å². The van der Waals surface area contributed by atoms with Gasteiger partial charge in [-0.05, 0) is 23.8 Å². The Bertz CT molecular complexity index is 612. The highest BCUT2D eigenvalue weighted by molar-refractivity contribution is 5.91.